The van der Waals surface area contributed by atoms with Crippen LogP contribution >= 0.6 is 0 Å². The number of nitrogens with zero attached hydrogens (tertiary/aromatic N) is 1. The first-order valence-corrected chi connectivity index (χ1v) is 6.78. The topological polar surface area (TPSA) is 32.3 Å². The van der Waals surface area contributed by atoms with Crippen LogP contribution in [0.25, 0.3) is 0 Å². The average Bonchev–Trinajstić information content (AvgIpc) is 2.53. The SMILES string of the molecule is CNc1cccc(C(=O)N(C)CCc2ccccc2)c1. The van der Waals surface area contributed by atoms with Crippen molar-refractivity contribution >= 4 is 11.6 Å². The summed E-state index contributed by atoms with van der Waals surface area (Å²) in [5.74, 6) is 0.0537. The minimum Gasteiger partial charge on any atom is -0.388 e. The number of hydrogen-bond donors (Lipinski definition) is 1. The van der Waals surface area contributed by atoms with E-state index >= 15 is 0 Å². The van der Waals surface area contributed by atoms with Crippen molar-refractivity contribution in [2.45, 2.75) is 6.42 Å². The maximum absolute atomic E-state index is 12.3. The molecule has 0 unspecified atom stereocenters. The maximum atomic E-state index is 12.3. The number of benzene rings is 2. The lowest BCUT2D eigenvalue weighted by atomic mass is 10.1. The van der Waals surface area contributed by atoms with Crippen LogP contribution in [0.2, 0.25) is 0 Å². The van der Waals surface area contributed by atoms with Gasteiger partial charge in [0.25, 0.3) is 5.91 Å². The fourth-order valence-corrected chi connectivity index (χ4v) is 2.07. The van der Waals surface area contributed by atoms with Crippen LogP contribution in [0.5, 0.6) is 0 Å². The van der Waals surface area contributed by atoms with E-state index in [0.717, 1.165) is 12.1 Å². The van der Waals surface area contributed by atoms with E-state index in [9.17, 15) is 4.79 Å². The molecule has 2 aromatic carbocycles. The normalized spacial score (nSPS) is 10.1. The van der Waals surface area contributed by atoms with Crippen molar-refractivity contribution in [3.05, 3.63) is 65.7 Å². The molecule has 0 fully saturated rings. The lowest BCUT2D eigenvalue weighted by Gasteiger charge is -2.17. The highest BCUT2D eigenvalue weighted by atomic mass is 16.2. The Kier molecular flexibility index (Phi) is 4.77. The molecule has 104 valence electrons. The molecule has 1 N–H and O–H groups in total. The number of anilines is 1. The van der Waals surface area contributed by atoms with Crippen LogP contribution in [0, 0.1) is 0 Å². The second kappa shape index (κ2) is 6.75. The molecule has 0 spiro atoms. The number of likely N-dealkylation sites (N-methyl/N-ethyl adjacent to an activating group) is 1. The summed E-state index contributed by atoms with van der Waals surface area (Å²) in [4.78, 5) is 14.1. The van der Waals surface area contributed by atoms with Gasteiger partial charge in [-0.1, -0.05) is 36.4 Å². The van der Waals surface area contributed by atoms with Crippen molar-refractivity contribution in [2.24, 2.45) is 0 Å². The minimum absolute atomic E-state index is 0.0537. The molecule has 0 saturated carbocycles. The molecule has 0 radical (unpaired) electrons. The second-order valence-corrected chi connectivity index (χ2v) is 4.79. The molecule has 20 heavy (non-hydrogen) atoms. The Bertz CT molecular complexity index is 566. The van der Waals surface area contributed by atoms with Crippen molar-refractivity contribution in [3.8, 4) is 0 Å². The Morgan fingerprint density at radius 3 is 2.55 bits per heavy atom. The predicted molar refractivity (Wildman–Crippen MR) is 83.1 cm³/mol. The van der Waals surface area contributed by atoms with Crippen LogP contribution in [-0.4, -0.2) is 31.4 Å². The summed E-state index contributed by atoms with van der Waals surface area (Å²) in [6.45, 7) is 0.715. The molecule has 0 heterocycles. The van der Waals surface area contributed by atoms with E-state index in [4.69, 9.17) is 0 Å². The van der Waals surface area contributed by atoms with Gasteiger partial charge in [-0.2, -0.15) is 0 Å². The smallest absolute Gasteiger partial charge is 0.253 e. The summed E-state index contributed by atoms with van der Waals surface area (Å²) in [6, 6.07) is 17.8. The standard InChI is InChI=1S/C17H20N2O/c1-18-16-10-6-9-15(13-16)17(20)19(2)12-11-14-7-4-3-5-8-14/h3-10,13,18H,11-12H2,1-2H3. The molecule has 2 aromatic rings. The molecule has 2 rings (SSSR count). The molecule has 0 aromatic heterocycles. The monoisotopic (exact) mass is 268 g/mol. The van der Waals surface area contributed by atoms with Gasteiger partial charge in [0.05, 0.1) is 0 Å². The van der Waals surface area contributed by atoms with Gasteiger partial charge in [-0.3, -0.25) is 4.79 Å². The number of hydrogen-bond acceptors (Lipinski definition) is 2. The molecule has 3 nitrogen and oxygen atoms in total. The van der Waals surface area contributed by atoms with Crippen LogP contribution in [0.4, 0.5) is 5.69 Å². The van der Waals surface area contributed by atoms with E-state index < -0.39 is 0 Å². The first-order valence-electron chi connectivity index (χ1n) is 6.78. The lowest BCUT2D eigenvalue weighted by Crippen LogP contribution is -2.28. The van der Waals surface area contributed by atoms with Crippen molar-refractivity contribution < 1.29 is 4.79 Å². The molecule has 0 aliphatic carbocycles. The molecule has 3 heteroatoms. The molecular weight excluding hydrogens is 248 g/mol. The Labute approximate surface area is 120 Å². The van der Waals surface area contributed by atoms with Crippen LogP contribution < -0.4 is 5.32 Å². The van der Waals surface area contributed by atoms with Gasteiger partial charge >= 0.3 is 0 Å². The number of amides is 1. The quantitative estimate of drug-likeness (QED) is 0.904. The van der Waals surface area contributed by atoms with Gasteiger partial charge in [0.2, 0.25) is 0 Å². The predicted octanol–water partition coefficient (Wildman–Crippen LogP) is 3.04. The molecule has 0 atom stereocenters. The molecule has 1 amide bonds. The van der Waals surface area contributed by atoms with Crippen molar-refractivity contribution in [3.63, 3.8) is 0 Å². The third kappa shape index (κ3) is 3.60. The Balaban J connectivity index is 1.98. The van der Waals surface area contributed by atoms with Gasteiger partial charge in [-0.05, 0) is 30.2 Å². The third-order valence-electron chi connectivity index (χ3n) is 3.32. The minimum atomic E-state index is 0.0537. The van der Waals surface area contributed by atoms with Gasteiger partial charge in [0, 0.05) is 31.9 Å². The van der Waals surface area contributed by atoms with E-state index in [2.05, 4.69) is 17.4 Å². The first-order chi connectivity index (χ1) is 9.70. The van der Waals surface area contributed by atoms with E-state index in [1.807, 2.05) is 56.6 Å². The Hall–Kier alpha value is -2.29. The number of carbonyl (C=O) groups excluding carboxylic acids is 1. The van der Waals surface area contributed by atoms with Crippen LogP contribution in [0.15, 0.2) is 54.6 Å². The Morgan fingerprint density at radius 2 is 1.85 bits per heavy atom. The lowest BCUT2D eigenvalue weighted by molar-refractivity contribution is 0.0796. The first kappa shape index (κ1) is 14.1. The second-order valence-electron chi connectivity index (χ2n) is 4.79. The van der Waals surface area contributed by atoms with Crippen molar-refractivity contribution in [1.29, 1.82) is 0 Å². The van der Waals surface area contributed by atoms with Gasteiger partial charge in [-0.15, -0.1) is 0 Å². The number of rotatable bonds is 5. The summed E-state index contributed by atoms with van der Waals surface area (Å²) in [6.07, 6.45) is 0.870. The zero-order valence-electron chi connectivity index (χ0n) is 12.0. The summed E-state index contributed by atoms with van der Waals surface area (Å²) in [5.41, 5.74) is 2.91. The summed E-state index contributed by atoms with van der Waals surface area (Å²) in [5, 5.41) is 3.05. The zero-order chi connectivity index (χ0) is 14.4. The molecule has 0 bridgehead atoms. The van der Waals surface area contributed by atoms with E-state index in [1.54, 1.807) is 4.90 Å². The van der Waals surface area contributed by atoms with Crippen molar-refractivity contribution in [2.75, 3.05) is 26.0 Å². The van der Waals surface area contributed by atoms with Gasteiger partial charge in [-0.25, -0.2) is 0 Å². The maximum Gasteiger partial charge on any atom is 0.253 e. The summed E-state index contributed by atoms with van der Waals surface area (Å²) >= 11 is 0. The summed E-state index contributed by atoms with van der Waals surface area (Å²) in [7, 11) is 3.69. The van der Waals surface area contributed by atoms with Crippen LogP contribution in [0.1, 0.15) is 15.9 Å². The third-order valence-corrected chi connectivity index (χ3v) is 3.32. The van der Waals surface area contributed by atoms with Crippen LogP contribution in [0.3, 0.4) is 0 Å². The van der Waals surface area contributed by atoms with Crippen LogP contribution in [-0.2, 0) is 6.42 Å². The molecule has 0 saturated heterocycles. The largest absolute Gasteiger partial charge is 0.388 e. The molecule has 0 aliphatic rings. The Morgan fingerprint density at radius 1 is 1.10 bits per heavy atom. The van der Waals surface area contributed by atoms with Gasteiger partial charge in [0.15, 0.2) is 0 Å². The zero-order valence-corrected chi connectivity index (χ0v) is 12.0. The fraction of sp³-hybridized carbons (Fsp3) is 0.235. The van der Waals surface area contributed by atoms with Crippen molar-refractivity contribution in [1.82, 2.24) is 4.90 Å². The number of nitrogens with one attached hydrogen (secondary N) is 1. The van der Waals surface area contributed by atoms with E-state index in [-0.39, 0.29) is 5.91 Å². The van der Waals surface area contributed by atoms with Gasteiger partial charge in [0.1, 0.15) is 0 Å². The van der Waals surface area contributed by atoms with E-state index in [1.165, 1.54) is 5.56 Å². The van der Waals surface area contributed by atoms with E-state index in [0.29, 0.717) is 12.1 Å². The highest BCUT2D eigenvalue weighted by Gasteiger charge is 2.11. The highest BCUT2D eigenvalue weighted by molar-refractivity contribution is 5.94. The molecular formula is C17H20N2O. The summed E-state index contributed by atoms with van der Waals surface area (Å²) < 4.78 is 0. The average molecular weight is 268 g/mol. The highest BCUT2D eigenvalue weighted by Crippen LogP contribution is 2.12. The number of carbonyl (C=O) groups is 1. The van der Waals surface area contributed by atoms with Gasteiger partial charge < -0.3 is 10.2 Å². The fourth-order valence-electron chi connectivity index (χ4n) is 2.07. The molecule has 0 aliphatic heterocycles.